The van der Waals surface area contributed by atoms with Crippen LogP contribution in [0.5, 0.6) is 0 Å². The van der Waals surface area contributed by atoms with Gasteiger partial charge in [0.1, 0.15) is 5.82 Å². The van der Waals surface area contributed by atoms with Gasteiger partial charge in [0.25, 0.3) is 0 Å². The van der Waals surface area contributed by atoms with Gasteiger partial charge < -0.3 is 10.2 Å². The van der Waals surface area contributed by atoms with Crippen LogP contribution in [0.15, 0.2) is 6.20 Å². The lowest BCUT2D eigenvalue weighted by Crippen LogP contribution is -2.48. The van der Waals surface area contributed by atoms with E-state index < -0.39 is 11.8 Å². The van der Waals surface area contributed by atoms with Crippen molar-refractivity contribution >= 4 is 11.8 Å². The van der Waals surface area contributed by atoms with Crippen molar-refractivity contribution in [2.24, 2.45) is 0 Å². The van der Waals surface area contributed by atoms with Crippen LogP contribution in [0.4, 0.5) is 0 Å². The number of aryl methyl sites for hydroxylation is 1. The lowest BCUT2D eigenvalue weighted by molar-refractivity contribution is -0.147. The second kappa shape index (κ2) is 7.03. The fourth-order valence-corrected chi connectivity index (χ4v) is 4.35. The van der Waals surface area contributed by atoms with Crippen LogP contribution >= 0.6 is 0 Å². The van der Waals surface area contributed by atoms with Gasteiger partial charge in [-0.1, -0.05) is 0 Å². The first-order valence-corrected chi connectivity index (χ1v) is 10.2. The second-order valence-electron chi connectivity index (χ2n) is 8.17. The molecule has 1 saturated carbocycles. The SMILES string of the molecule is O=C(NC1CCCc2cn[nH]c21)C(=O)N1CCCC(c2n[nH]c(C3CC3)n2)C1. The number of fused-ring (bicyclic) bond motifs is 1. The Balaban J connectivity index is 1.22. The molecule has 2 aromatic rings. The molecule has 2 aliphatic carbocycles. The van der Waals surface area contributed by atoms with Crippen LogP contribution < -0.4 is 5.32 Å². The van der Waals surface area contributed by atoms with E-state index in [1.165, 1.54) is 12.8 Å². The van der Waals surface area contributed by atoms with E-state index in [4.69, 9.17) is 0 Å². The monoisotopic (exact) mass is 383 g/mol. The molecule has 0 spiro atoms. The van der Waals surface area contributed by atoms with Gasteiger partial charge in [-0.25, -0.2) is 4.98 Å². The van der Waals surface area contributed by atoms with Gasteiger partial charge in [0.05, 0.1) is 17.9 Å². The lowest BCUT2D eigenvalue weighted by Gasteiger charge is -2.31. The van der Waals surface area contributed by atoms with Crippen molar-refractivity contribution in [2.75, 3.05) is 13.1 Å². The number of piperidine rings is 1. The standard InChI is InChI=1S/C19H25N7O2/c27-18(21-14-5-1-3-12-9-20-23-15(12)14)19(28)26-8-2-4-13(10-26)17-22-16(24-25-17)11-6-7-11/h9,11,13-14H,1-8,10H2,(H,20,23)(H,21,27)(H,22,24,25). The van der Waals surface area contributed by atoms with Crippen molar-refractivity contribution in [2.45, 2.75) is 62.8 Å². The minimum atomic E-state index is -0.540. The first kappa shape index (κ1) is 17.4. The van der Waals surface area contributed by atoms with Crippen LogP contribution in [0.25, 0.3) is 0 Å². The maximum absolute atomic E-state index is 12.8. The third kappa shape index (κ3) is 3.29. The van der Waals surface area contributed by atoms with Crippen LogP contribution in [0.1, 0.15) is 79.3 Å². The number of H-pyrrole nitrogens is 2. The van der Waals surface area contributed by atoms with Gasteiger partial charge in [0, 0.05) is 24.9 Å². The Morgan fingerprint density at radius 2 is 2.00 bits per heavy atom. The average molecular weight is 383 g/mol. The quantitative estimate of drug-likeness (QED) is 0.690. The van der Waals surface area contributed by atoms with Gasteiger partial charge in [-0.3, -0.25) is 19.8 Å². The summed E-state index contributed by atoms with van der Waals surface area (Å²) in [4.78, 5) is 31.7. The summed E-state index contributed by atoms with van der Waals surface area (Å²) in [6.07, 6.45) is 8.69. The third-order valence-corrected chi connectivity index (χ3v) is 6.10. The topological polar surface area (TPSA) is 120 Å². The van der Waals surface area contributed by atoms with Gasteiger partial charge in [-0.05, 0) is 50.5 Å². The maximum atomic E-state index is 12.8. The molecule has 0 radical (unpaired) electrons. The summed E-state index contributed by atoms with van der Waals surface area (Å²) >= 11 is 0. The van der Waals surface area contributed by atoms with E-state index >= 15 is 0 Å². The summed E-state index contributed by atoms with van der Waals surface area (Å²) in [5.74, 6) is 1.34. The molecule has 2 unspecified atom stereocenters. The average Bonchev–Trinajstić information content (AvgIpc) is 3.25. The van der Waals surface area contributed by atoms with Crippen molar-refractivity contribution in [1.29, 1.82) is 0 Å². The molecule has 3 N–H and O–H groups in total. The molecular formula is C19H25N7O2. The zero-order chi connectivity index (χ0) is 19.1. The number of aromatic amines is 2. The van der Waals surface area contributed by atoms with E-state index in [0.717, 1.165) is 55.0 Å². The minimum absolute atomic E-state index is 0.0862. The van der Waals surface area contributed by atoms with Crippen LogP contribution in [-0.4, -0.2) is 55.2 Å². The number of nitrogens with one attached hydrogen (secondary N) is 3. The fourth-order valence-electron chi connectivity index (χ4n) is 4.35. The number of amides is 2. The lowest BCUT2D eigenvalue weighted by atomic mass is 9.93. The van der Waals surface area contributed by atoms with Crippen LogP contribution in [0.3, 0.4) is 0 Å². The van der Waals surface area contributed by atoms with E-state index in [1.807, 2.05) is 0 Å². The Morgan fingerprint density at radius 3 is 2.86 bits per heavy atom. The number of carbonyl (C=O) groups is 2. The Labute approximate surface area is 162 Å². The third-order valence-electron chi connectivity index (χ3n) is 6.10. The molecule has 1 aliphatic heterocycles. The minimum Gasteiger partial charge on any atom is -0.339 e. The number of likely N-dealkylation sites (tertiary alicyclic amines) is 1. The smallest absolute Gasteiger partial charge is 0.311 e. The number of rotatable bonds is 3. The molecule has 2 atom stereocenters. The second-order valence-corrected chi connectivity index (χ2v) is 8.17. The summed E-state index contributed by atoms with van der Waals surface area (Å²) < 4.78 is 0. The molecular weight excluding hydrogens is 358 g/mol. The van der Waals surface area contributed by atoms with Crippen molar-refractivity contribution in [3.63, 3.8) is 0 Å². The normalized spacial score (nSPS) is 24.6. The molecule has 3 aliphatic rings. The van der Waals surface area contributed by atoms with E-state index in [0.29, 0.717) is 19.0 Å². The highest BCUT2D eigenvalue weighted by molar-refractivity contribution is 6.35. The number of aromatic nitrogens is 5. The zero-order valence-electron chi connectivity index (χ0n) is 15.8. The molecule has 9 heteroatoms. The number of hydrogen-bond acceptors (Lipinski definition) is 5. The maximum Gasteiger partial charge on any atom is 0.311 e. The van der Waals surface area contributed by atoms with Gasteiger partial charge in [0.2, 0.25) is 0 Å². The first-order valence-electron chi connectivity index (χ1n) is 10.2. The Hall–Kier alpha value is -2.71. The molecule has 0 bridgehead atoms. The molecule has 2 fully saturated rings. The summed E-state index contributed by atoms with van der Waals surface area (Å²) in [5.41, 5.74) is 2.05. The molecule has 0 aromatic carbocycles. The van der Waals surface area contributed by atoms with Crippen LogP contribution in [-0.2, 0) is 16.0 Å². The van der Waals surface area contributed by atoms with Crippen molar-refractivity contribution < 1.29 is 9.59 Å². The Bertz CT molecular complexity index is 884. The fraction of sp³-hybridized carbons (Fsp3) is 0.632. The van der Waals surface area contributed by atoms with Gasteiger partial charge >= 0.3 is 11.8 Å². The molecule has 148 valence electrons. The number of nitrogens with zero attached hydrogens (tertiary/aromatic N) is 4. The summed E-state index contributed by atoms with van der Waals surface area (Å²) in [5, 5.41) is 17.3. The van der Waals surface area contributed by atoms with Gasteiger partial charge in [-0.2, -0.15) is 10.2 Å². The Morgan fingerprint density at radius 1 is 1.11 bits per heavy atom. The molecule has 2 aromatic heterocycles. The van der Waals surface area contributed by atoms with Crippen LogP contribution in [0.2, 0.25) is 0 Å². The number of hydrogen-bond donors (Lipinski definition) is 3. The molecule has 28 heavy (non-hydrogen) atoms. The highest BCUT2D eigenvalue weighted by atomic mass is 16.2. The van der Waals surface area contributed by atoms with Crippen molar-refractivity contribution in [1.82, 2.24) is 35.6 Å². The highest BCUT2D eigenvalue weighted by Crippen LogP contribution is 2.38. The zero-order valence-corrected chi connectivity index (χ0v) is 15.8. The molecule has 9 nitrogen and oxygen atoms in total. The molecule has 1 saturated heterocycles. The Kier molecular flexibility index (Phi) is 4.37. The molecule has 2 amide bonds. The van der Waals surface area contributed by atoms with E-state index in [1.54, 1.807) is 11.1 Å². The van der Waals surface area contributed by atoms with E-state index in [9.17, 15) is 9.59 Å². The summed E-state index contributed by atoms with van der Waals surface area (Å²) in [6, 6.07) is -0.169. The van der Waals surface area contributed by atoms with Crippen molar-refractivity contribution in [3.05, 3.63) is 29.1 Å². The van der Waals surface area contributed by atoms with E-state index in [-0.39, 0.29) is 12.0 Å². The molecule has 3 heterocycles. The van der Waals surface area contributed by atoms with E-state index in [2.05, 4.69) is 30.7 Å². The summed E-state index contributed by atoms with van der Waals surface area (Å²) in [7, 11) is 0. The largest absolute Gasteiger partial charge is 0.339 e. The highest BCUT2D eigenvalue weighted by Gasteiger charge is 2.34. The van der Waals surface area contributed by atoms with Gasteiger partial charge in [-0.15, -0.1) is 0 Å². The van der Waals surface area contributed by atoms with Crippen molar-refractivity contribution in [3.8, 4) is 0 Å². The first-order chi connectivity index (χ1) is 13.7. The van der Waals surface area contributed by atoms with Gasteiger partial charge in [0.15, 0.2) is 5.82 Å². The summed E-state index contributed by atoms with van der Waals surface area (Å²) in [6.45, 7) is 1.09. The predicted octanol–water partition coefficient (Wildman–Crippen LogP) is 1.30. The van der Waals surface area contributed by atoms with Crippen LogP contribution in [0, 0.1) is 0 Å². The predicted molar refractivity (Wildman–Crippen MR) is 99.3 cm³/mol. The number of carbonyl (C=O) groups excluding carboxylic acids is 2. The molecule has 5 rings (SSSR count).